The molecule has 1 heterocycles. The number of hydrogen-bond acceptors (Lipinski definition) is 2. The molecule has 0 N–H and O–H groups in total. The molecule has 2 rings (SSSR count). The molecule has 0 saturated carbocycles. The van der Waals surface area contributed by atoms with Crippen molar-refractivity contribution in [1.29, 1.82) is 5.26 Å². The normalized spacial score (nSPS) is 11.9. The summed E-state index contributed by atoms with van der Waals surface area (Å²) in [6.45, 7) is 4.11. The Bertz CT molecular complexity index is 613. The van der Waals surface area contributed by atoms with E-state index in [4.69, 9.17) is 11.6 Å². The minimum Gasteiger partial charge on any atom is -0.192 e. The molecule has 1 nitrogen and oxygen atoms in total. The Labute approximate surface area is 116 Å². The molecule has 0 radical (unpaired) electrons. The van der Waals surface area contributed by atoms with Gasteiger partial charge in [-0.15, -0.1) is 11.3 Å². The lowest BCUT2D eigenvalue weighted by Crippen LogP contribution is -1.83. The number of thiophene rings is 1. The fraction of sp³-hybridized carbons (Fsp3) is 0.133. The van der Waals surface area contributed by atoms with Crippen LogP contribution in [0.4, 0.5) is 0 Å². The monoisotopic (exact) mass is 273 g/mol. The van der Waals surface area contributed by atoms with E-state index in [0.29, 0.717) is 10.6 Å². The fourth-order valence-electron chi connectivity index (χ4n) is 1.65. The van der Waals surface area contributed by atoms with Gasteiger partial charge in [-0.05, 0) is 31.0 Å². The van der Waals surface area contributed by atoms with Crippen molar-refractivity contribution in [3.8, 4) is 6.07 Å². The largest absolute Gasteiger partial charge is 0.192 e. The standard InChI is InChI=1S/C15H12ClNS/c1-10-8-14(18-11(10)2)15(16)13(9-17)12-6-4-3-5-7-12/h3-8H,1-2H3. The van der Waals surface area contributed by atoms with Crippen molar-refractivity contribution in [2.75, 3.05) is 0 Å². The zero-order valence-corrected chi connectivity index (χ0v) is 11.8. The Morgan fingerprint density at radius 1 is 1.22 bits per heavy atom. The lowest BCUT2D eigenvalue weighted by atomic mass is 10.1. The third kappa shape index (κ3) is 2.48. The van der Waals surface area contributed by atoms with Crippen LogP contribution in [0.2, 0.25) is 0 Å². The van der Waals surface area contributed by atoms with Gasteiger partial charge in [-0.25, -0.2) is 0 Å². The summed E-state index contributed by atoms with van der Waals surface area (Å²) in [5, 5.41) is 9.83. The van der Waals surface area contributed by atoms with E-state index in [-0.39, 0.29) is 0 Å². The second kappa shape index (κ2) is 5.39. The smallest absolute Gasteiger partial charge is 0.101 e. The molecular formula is C15H12ClNS. The first-order chi connectivity index (χ1) is 8.63. The second-order valence-corrected chi connectivity index (χ2v) is 5.65. The van der Waals surface area contributed by atoms with Crippen LogP contribution in [0.25, 0.3) is 10.6 Å². The summed E-state index contributed by atoms with van der Waals surface area (Å²) in [6, 6.07) is 13.8. The molecule has 90 valence electrons. The number of allylic oxidation sites excluding steroid dienone is 1. The predicted octanol–water partition coefficient (Wildman–Crippen LogP) is 5.00. The SMILES string of the molecule is Cc1cc(C(Cl)=C(C#N)c2ccccc2)sc1C. The van der Waals surface area contributed by atoms with Crippen LogP contribution >= 0.6 is 22.9 Å². The maximum atomic E-state index is 9.30. The third-order valence-corrected chi connectivity index (χ3v) is 4.45. The topological polar surface area (TPSA) is 23.8 Å². The minimum absolute atomic E-state index is 0.526. The highest BCUT2D eigenvalue weighted by Crippen LogP contribution is 2.34. The Morgan fingerprint density at radius 2 is 1.89 bits per heavy atom. The lowest BCUT2D eigenvalue weighted by molar-refractivity contribution is 1.44. The van der Waals surface area contributed by atoms with Crippen molar-refractivity contribution >= 4 is 33.5 Å². The summed E-state index contributed by atoms with van der Waals surface area (Å²) in [5.41, 5.74) is 2.59. The lowest BCUT2D eigenvalue weighted by Gasteiger charge is -2.01. The Balaban J connectivity index is 2.55. The van der Waals surface area contributed by atoms with E-state index in [1.165, 1.54) is 10.4 Å². The van der Waals surface area contributed by atoms with Crippen molar-refractivity contribution in [1.82, 2.24) is 0 Å². The number of nitrogens with zero attached hydrogens (tertiary/aromatic N) is 1. The van der Waals surface area contributed by atoms with Crippen molar-refractivity contribution in [3.63, 3.8) is 0 Å². The molecule has 0 aliphatic carbocycles. The summed E-state index contributed by atoms with van der Waals surface area (Å²) in [4.78, 5) is 2.18. The van der Waals surface area contributed by atoms with Gasteiger partial charge in [-0.2, -0.15) is 5.26 Å². The highest BCUT2D eigenvalue weighted by atomic mass is 35.5. The quantitative estimate of drug-likeness (QED) is 0.707. The number of aryl methyl sites for hydroxylation is 2. The van der Waals surface area contributed by atoms with E-state index in [2.05, 4.69) is 13.0 Å². The maximum Gasteiger partial charge on any atom is 0.101 e. The van der Waals surface area contributed by atoms with Crippen molar-refractivity contribution in [2.45, 2.75) is 13.8 Å². The molecule has 0 fully saturated rings. The summed E-state index contributed by atoms with van der Waals surface area (Å²) >= 11 is 7.98. The van der Waals surface area contributed by atoms with Crippen LogP contribution in [0.5, 0.6) is 0 Å². The van der Waals surface area contributed by atoms with Gasteiger partial charge in [0.05, 0.1) is 10.6 Å². The van der Waals surface area contributed by atoms with Gasteiger partial charge in [0.2, 0.25) is 0 Å². The van der Waals surface area contributed by atoms with Gasteiger partial charge < -0.3 is 0 Å². The first kappa shape index (κ1) is 12.9. The van der Waals surface area contributed by atoms with E-state index in [9.17, 15) is 5.26 Å². The van der Waals surface area contributed by atoms with Gasteiger partial charge in [0.15, 0.2) is 0 Å². The van der Waals surface area contributed by atoms with Crippen molar-refractivity contribution in [3.05, 3.63) is 57.3 Å². The molecule has 0 bridgehead atoms. The van der Waals surface area contributed by atoms with Crippen LogP contribution in [-0.4, -0.2) is 0 Å². The molecular weight excluding hydrogens is 262 g/mol. The van der Waals surface area contributed by atoms with Crippen molar-refractivity contribution in [2.24, 2.45) is 0 Å². The molecule has 0 unspecified atom stereocenters. The van der Waals surface area contributed by atoms with Gasteiger partial charge >= 0.3 is 0 Å². The zero-order chi connectivity index (χ0) is 13.1. The van der Waals surface area contributed by atoms with Crippen LogP contribution in [0.3, 0.4) is 0 Å². The number of nitriles is 1. The fourth-order valence-corrected chi connectivity index (χ4v) is 2.95. The molecule has 1 aromatic heterocycles. The zero-order valence-electron chi connectivity index (χ0n) is 10.2. The second-order valence-electron chi connectivity index (χ2n) is 4.02. The Kier molecular flexibility index (Phi) is 3.86. The van der Waals surface area contributed by atoms with Crippen LogP contribution < -0.4 is 0 Å². The average Bonchev–Trinajstić information content (AvgIpc) is 2.72. The summed E-state index contributed by atoms with van der Waals surface area (Å²) < 4.78 is 0. The summed E-state index contributed by atoms with van der Waals surface area (Å²) in [6.07, 6.45) is 0. The van der Waals surface area contributed by atoms with E-state index < -0.39 is 0 Å². The molecule has 3 heteroatoms. The molecule has 0 amide bonds. The summed E-state index contributed by atoms with van der Waals surface area (Å²) in [7, 11) is 0. The molecule has 0 atom stereocenters. The maximum absolute atomic E-state index is 9.30. The Morgan fingerprint density at radius 3 is 2.39 bits per heavy atom. The van der Waals surface area contributed by atoms with Crippen LogP contribution in [-0.2, 0) is 0 Å². The van der Waals surface area contributed by atoms with Gasteiger partial charge in [0.25, 0.3) is 0 Å². The van der Waals surface area contributed by atoms with Gasteiger partial charge in [-0.3, -0.25) is 0 Å². The minimum atomic E-state index is 0.526. The average molecular weight is 274 g/mol. The van der Waals surface area contributed by atoms with E-state index in [1.54, 1.807) is 11.3 Å². The van der Waals surface area contributed by atoms with E-state index in [1.807, 2.05) is 43.3 Å². The number of rotatable bonds is 2. The Hall–Kier alpha value is -1.56. The molecule has 0 aliphatic heterocycles. The predicted molar refractivity (Wildman–Crippen MR) is 78.5 cm³/mol. The highest BCUT2D eigenvalue weighted by Gasteiger charge is 2.12. The molecule has 0 spiro atoms. The van der Waals surface area contributed by atoms with Crippen LogP contribution in [0.15, 0.2) is 36.4 Å². The third-order valence-electron chi connectivity index (χ3n) is 2.78. The number of halogens is 1. The van der Waals surface area contributed by atoms with E-state index >= 15 is 0 Å². The van der Waals surface area contributed by atoms with Gasteiger partial charge in [-0.1, -0.05) is 41.9 Å². The highest BCUT2D eigenvalue weighted by molar-refractivity contribution is 7.14. The van der Waals surface area contributed by atoms with E-state index in [0.717, 1.165) is 10.4 Å². The number of hydrogen-bond donors (Lipinski definition) is 0. The first-order valence-electron chi connectivity index (χ1n) is 5.56. The molecule has 0 aliphatic rings. The molecule has 1 aromatic carbocycles. The molecule has 0 saturated heterocycles. The van der Waals surface area contributed by atoms with Crippen LogP contribution in [0, 0.1) is 25.2 Å². The van der Waals surface area contributed by atoms with Gasteiger partial charge in [0.1, 0.15) is 6.07 Å². The first-order valence-corrected chi connectivity index (χ1v) is 6.75. The molecule has 18 heavy (non-hydrogen) atoms. The molecule has 2 aromatic rings. The van der Waals surface area contributed by atoms with Crippen molar-refractivity contribution < 1.29 is 0 Å². The van der Waals surface area contributed by atoms with Crippen LogP contribution in [0.1, 0.15) is 20.9 Å². The van der Waals surface area contributed by atoms with Gasteiger partial charge in [0, 0.05) is 9.75 Å². The number of benzene rings is 1. The summed E-state index contributed by atoms with van der Waals surface area (Å²) in [5.74, 6) is 0.